The van der Waals surface area contributed by atoms with Crippen LogP contribution in [0.15, 0.2) is 42.6 Å². The first-order chi connectivity index (χ1) is 29.4. The summed E-state index contributed by atoms with van der Waals surface area (Å²) in [7, 11) is 1.43. The highest BCUT2D eigenvalue weighted by Crippen LogP contribution is 2.42. The normalized spacial score (nSPS) is 18.1. The van der Waals surface area contributed by atoms with Crippen LogP contribution in [0.2, 0.25) is 0 Å². The Bertz CT molecular complexity index is 2330. The summed E-state index contributed by atoms with van der Waals surface area (Å²) in [5, 5.41) is 23.9. The Morgan fingerprint density at radius 2 is 1.75 bits per heavy atom. The van der Waals surface area contributed by atoms with E-state index < -0.39 is 98.3 Å². The van der Waals surface area contributed by atoms with E-state index in [2.05, 4.69) is 15.6 Å². The van der Waals surface area contributed by atoms with Gasteiger partial charge in [-0.15, -0.1) is 0 Å². The average Bonchev–Trinajstić information content (AvgIpc) is 3.67. The first kappa shape index (κ1) is 48.2. The van der Waals surface area contributed by atoms with Crippen LogP contribution in [0.25, 0.3) is 11.3 Å². The molecule has 63 heavy (non-hydrogen) atoms. The number of aliphatic hydroxyl groups excluding tert-OH is 1. The third-order valence-electron chi connectivity index (χ3n) is 10.4. The number of nitrogens with zero attached hydrogens (tertiary/aromatic N) is 5. The fourth-order valence-corrected chi connectivity index (χ4v) is 7.73. The van der Waals surface area contributed by atoms with E-state index in [-0.39, 0.29) is 55.5 Å². The molecule has 0 aliphatic carbocycles. The number of alkyl halides is 3. The minimum Gasteiger partial charge on any atom is -0.491 e. The van der Waals surface area contributed by atoms with E-state index in [0.29, 0.717) is 23.8 Å². The molecule has 3 N–H and O–H groups in total. The van der Waals surface area contributed by atoms with Crippen LogP contribution in [0.4, 0.5) is 37.7 Å². The number of nitriles is 1. The lowest BCUT2D eigenvalue weighted by Gasteiger charge is -2.35. The van der Waals surface area contributed by atoms with E-state index in [9.17, 15) is 37.5 Å². The Morgan fingerprint density at radius 3 is 2.35 bits per heavy atom. The summed E-state index contributed by atoms with van der Waals surface area (Å²) in [4.78, 5) is 59.1. The number of aliphatic hydroxyl groups is 1. The molecule has 2 aliphatic heterocycles. The van der Waals surface area contributed by atoms with E-state index >= 15 is 13.2 Å². The van der Waals surface area contributed by atoms with Crippen molar-refractivity contribution >= 4 is 52.3 Å². The highest BCUT2D eigenvalue weighted by Gasteiger charge is 2.52. The fraction of sp³-hybridized carbons (Fsp3) is 0.452. The van der Waals surface area contributed by atoms with E-state index in [1.54, 1.807) is 20.8 Å². The van der Waals surface area contributed by atoms with Crippen molar-refractivity contribution in [1.29, 1.82) is 5.26 Å². The zero-order chi connectivity index (χ0) is 46.8. The van der Waals surface area contributed by atoms with Crippen molar-refractivity contribution < 1.29 is 60.1 Å². The molecular formula is C42H45F6N7O7S. The van der Waals surface area contributed by atoms with Crippen LogP contribution in [0.5, 0.6) is 5.75 Å². The SMILES string of the molecule is CNC(=O)[C@@H]1C[C@@H](O)CN1C(=O)[C@@H](NC(=O)COCCCCOc1ccc(-c2ncc(N3C(=S)N(c4ccc(C#N)c(C(F)(F)F)c4F)C(=O)C3(C)C)cc2F)cc1F)C(C)(C)C. The number of hydrogen-bond acceptors (Lipinski definition) is 10. The number of halogens is 6. The van der Waals surface area contributed by atoms with E-state index in [1.807, 2.05) is 0 Å². The summed E-state index contributed by atoms with van der Waals surface area (Å²) in [6.45, 7) is 7.70. The predicted molar refractivity (Wildman–Crippen MR) is 219 cm³/mol. The van der Waals surface area contributed by atoms with Gasteiger partial charge in [0.1, 0.15) is 35.5 Å². The summed E-state index contributed by atoms with van der Waals surface area (Å²) in [5.74, 6) is -6.30. The number of nitrogens with one attached hydrogen (secondary N) is 2. The molecule has 3 atom stereocenters. The van der Waals surface area contributed by atoms with Gasteiger partial charge in [-0.05, 0) is 74.7 Å². The van der Waals surface area contributed by atoms with Crippen molar-refractivity contribution in [2.75, 3.05) is 43.2 Å². The third-order valence-corrected chi connectivity index (χ3v) is 10.8. The highest BCUT2D eigenvalue weighted by molar-refractivity contribution is 7.81. The molecule has 3 aromatic rings. The van der Waals surface area contributed by atoms with Gasteiger partial charge in [-0.2, -0.15) is 18.4 Å². The van der Waals surface area contributed by atoms with Gasteiger partial charge in [0, 0.05) is 38.2 Å². The van der Waals surface area contributed by atoms with Crippen LogP contribution >= 0.6 is 12.2 Å². The maximum Gasteiger partial charge on any atom is 0.420 e. The lowest BCUT2D eigenvalue weighted by Crippen LogP contribution is -2.58. The molecule has 2 saturated heterocycles. The zero-order valence-corrected chi connectivity index (χ0v) is 35.8. The molecular weight excluding hydrogens is 861 g/mol. The summed E-state index contributed by atoms with van der Waals surface area (Å²) < 4.78 is 98.4. The predicted octanol–water partition coefficient (Wildman–Crippen LogP) is 5.39. The molecule has 0 unspecified atom stereocenters. The Kier molecular flexibility index (Phi) is 14.4. The van der Waals surface area contributed by atoms with E-state index in [4.69, 9.17) is 27.0 Å². The van der Waals surface area contributed by atoms with Crippen LogP contribution in [0, 0.1) is 34.2 Å². The number of rotatable bonds is 14. The van der Waals surface area contributed by atoms with Crippen molar-refractivity contribution in [3.63, 3.8) is 0 Å². The molecule has 21 heteroatoms. The number of aromatic nitrogens is 1. The van der Waals surface area contributed by atoms with Gasteiger partial charge in [-0.25, -0.2) is 13.2 Å². The second-order valence-corrected chi connectivity index (χ2v) is 16.8. The van der Waals surface area contributed by atoms with Crippen LogP contribution in [-0.4, -0.2) is 101 Å². The summed E-state index contributed by atoms with van der Waals surface area (Å²) in [6.07, 6.45) is -4.17. The smallest absolute Gasteiger partial charge is 0.420 e. The van der Waals surface area contributed by atoms with Crippen LogP contribution < -0.4 is 25.2 Å². The Hall–Kier alpha value is -5.85. The van der Waals surface area contributed by atoms with Gasteiger partial charge in [0.05, 0.1) is 41.9 Å². The minimum absolute atomic E-state index is 0.00978. The number of likely N-dealkylation sites (N-methyl/N-ethyl adjacent to an activating group) is 1. The lowest BCUT2D eigenvalue weighted by molar-refractivity contribution is -0.144. The quantitative estimate of drug-likeness (QED) is 0.108. The van der Waals surface area contributed by atoms with Crippen LogP contribution in [0.3, 0.4) is 0 Å². The van der Waals surface area contributed by atoms with Gasteiger partial charge in [-0.3, -0.25) is 29.1 Å². The summed E-state index contributed by atoms with van der Waals surface area (Å²) in [5.41, 5.74) is -6.54. The second-order valence-electron chi connectivity index (χ2n) is 16.4. The molecule has 4 amide bonds. The van der Waals surface area contributed by atoms with Crippen LogP contribution in [0.1, 0.15) is 65.0 Å². The average molecular weight is 906 g/mol. The molecule has 0 spiro atoms. The molecule has 2 fully saturated rings. The van der Waals surface area contributed by atoms with Gasteiger partial charge in [0.2, 0.25) is 17.7 Å². The number of ether oxygens (including phenoxy) is 2. The first-order valence-electron chi connectivity index (χ1n) is 19.6. The molecule has 338 valence electrons. The molecule has 3 heterocycles. The molecule has 5 rings (SSSR count). The number of pyridine rings is 1. The summed E-state index contributed by atoms with van der Waals surface area (Å²) in [6, 6.07) is 5.49. The van der Waals surface area contributed by atoms with E-state index in [0.717, 1.165) is 29.3 Å². The highest BCUT2D eigenvalue weighted by atomic mass is 32.1. The second kappa shape index (κ2) is 18.9. The Labute approximate surface area is 364 Å². The number of β-amino-alcohol motifs (C(OH)–C–C–N with tert-alkyl or cyclic N) is 1. The van der Waals surface area contributed by atoms with Crippen molar-refractivity contribution in [1.82, 2.24) is 20.5 Å². The Balaban J connectivity index is 1.15. The van der Waals surface area contributed by atoms with Gasteiger partial charge in [-0.1, -0.05) is 20.8 Å². The molecule has 0 saturated carbocycles. The Morgan fingerprint density at radius 1 is 1.06 bits per heavy atom. The standard InChI is InChI=1S/C42H45F6N7O7S/c1-40(2,3)35(37(59)53-20-25(56)17-29(53)36(58)50-6)52-31(57)21-61-13-7-8-14-62-30-12-10-22(15-26(30)43)34-27(44)16-24(19-51-34)55-39(63)54(38(60)41(55,4)5)28-11-9-23(18-49)32(33(28)45)42(46,47)48/h9-12,15-16,19,25,29,35,56H,7-8,13-14,17,20-21H2,1-6H3,(H,50,58)(H,52,57)/t25-,29+,35-/m1/s1. The van der Waals surface area contributed by atoms with Gasteiger partial charge < -0.3 is 35.0 Å². The number of hydrogen-bond donors (Lipinski definition) is 3. The largest absolute Gasteiger partial charge is 0.491 e. The van der Waals surface area contributed by atoms with Crippen molar-refractivity contribution in [2.45, 2.75) is 83.8 Å². The molecule has 0 bridgehead atoms. The zero-order valence-electron chi connectivity index (χ0n) is 35.0. The lowest BCUT2D eigenvalue weighted by atomic mass is 9.85. The van der Waals surface area contributed by atoms with Gasteiger partial charge >= 0.3 is 6.18 Å². The molecule has 2 aliphatic rings. The number of anilines is 2. The van der Waals surface area contributed by atoms with Gasteiger partial charge in [0.25, 0.3) is 5.91 Å². The maximum atomic E-state index is 15.7. The number of carbonyl (C=O) groups excluding carboxylic acids is 4. The van der Waals surface area contributed by atoms with Crippen LogP contribution in [-0.2, 0) is 30.1 Å². The number of unbranched alkanes of at least 4 members (excludes halogenated alkanes) is 1. The number of likely N-dealkylation sites (tertiary alicyclic amines) is 1. The topological polar surface area (TPSA) is 177 Å². The number of thiocarbonyl (C=S) groups is 1. The third kappa shape index (κ3) is 10.2. The van der Waals surface area contributed by atoms with Crippen molar-refractivity contribution in [3.8, 4) is 23.1 Å². The molecule has 1 aromatic heterocycles. The molecule has 2 aromatic carbocycles. The molecule has 14 nitrogen and oxygen atoms in total. The van der Waals surface area contributed by atoms with Crippen molar-refractivity contribution in [3.05, 3.63) is 71.2 Å². The monoisotopic (exact) mass is 905 g/mol. The molecule has 0 radical (unpaired) electrons. The first-order valence-corrected chi connectivity index (χ1v) is 20.0. The summed E-state index contributed by atoms with van der Waals surface area (Å²) >= 11 is 5.40. The fourth-order valence-electron chi connectivity index (χ4n) is 7.22. The van der Waals surface area contributed by atoms with E-state index in [1.165, 1.54) is 44.0 Å². The number of carbonyl (C=O) groups is 4. The van der Waals surface area contributed by atoms with Crippen molar-refractivity contribution in [2.24, 2.45) is 5.41 Å². The number of amides is 4. The van der Waals surface area contributed by atoms with Gasteiger partial charge in [0.15, 0.2) is 28.3 Å². The minimum atomic E-state index is -5.27. The maximum absolute atomic E-state index is 15.7. The number of benzene rings is 2.